The van der Waals surface area contributed by atoms with Crippen LogP contribution in [0.4, 0.5) is 0 Å². The molecule has 1 aliphatic rings. The van der Waals surface area contributed by atoms with Gasteiger partial charge in [-0.3, -0.25) is 4.79 Å². The Hall–Kier alpha value is -1.40. The van der Waals surface area contributed by atoms with E-state index in [0.29, 0.717) is 0 Å². The molecule has 1 fully saturated rings. The highest BCUT2D eigenvalue weighted by Crippen LogP contribution is 2.63. The van der Waals surface area contributed by atoms with E-state index in [2.05, 4.69) is 6.92 Å². The quantitative estimate of drug-likeness (QED) is 0.764. The van der Waals surface area contributed by atoms with Gasteiger partial charge in [-0.25, -0.2) is 8.42 Å². The summed E-state index contributed by atoms with van der Waals surface area (Å²) in [4.78, 5) is 12.5. The van der Waals surface area contributed by atoms with E-state index < -0.39 is 32.4 Å². The molecule has 128 valence electrons. The second-order valence-corrected chi connectivity index (χ2v) is 8.32. The molecule has 1 aliphatic carbocycles. The fourth-order valence-electron chi connectivity index (χ4n) is 3.38. The number of benzene rings is 1. The van der Waals surface area contributed by atoms with Crippen molar-refractivity contribution in [2.24, 2.45) is 11.1 Å². The number of hydrogen-bond donors (Lipinski definition) is 1. The lowest BCUT2D eigenvalue weighted by Crippen LogP contribution is -2.34. The predicted molar refractivity (Wildman–Crippen MR) is 89.9 cm³/mol. The Morgan fingerprint density at radius 1 is 1.22 bits per heavy atom. The highest BCUT2D eigenvalue weighted by Gasteiger charge is 2.74. The Bertz CT molecular complexity index is 668. The molecule has 1 aromatic carbocycles. The van der Waals surface area contributed by atoms with Gasteiger partial charge in [-0.1, -0.05) is 38.1 Å². The molecule has 0 unspecified atom stereocenters. The van der Waals surface area contributed by atoms with Crippen molar-refractivity contribution in [3.05, 3.63) is 35.4 Å². The highest BCUT2D eigenvalue weighted by molar-refractivity contribution is 7.92. The third-order valence-electron chi connectivity index (χ3n) is 4.79. The molecule has 0 aliphatic heterocycles. The SMILES string of the molecule is CCOC(=O)[C@@]1(CN)[C@H](S(=O)(=O)CC)[C@@H]1c1ccc(CC)cc1. The minimum atomic E-state index is -3.40. The molecule has 1 aromatic rings. The van der Waals surface area contributed by atoms with Crippen molar-refractivity contribution in [3.8, 4) is 0 Å². The topological polar surface area (TPSA) is 86.5 Å². The smallest absolute Gasteiger partial charge is 0.315 e. The number of aryl methyl sites for hydroxylation is 1. The largest absolute Gasteiger partial charge is 0.465 e. The van der Waals surface area contributed by atoms with Gasteiger partial charge in [-0.2, -0.15) is 0 Å². The maximum Gasteiger partial charge on any atom is 0.315 e. The fraction of sp³-hybridized carbons (Fsp3) is 0.588. The van der Waals surface area contributed by atoms with E-state index in [0.717, 1.165) is 12.0 Å². The molecule has 23 heavy (non-hydrogen) atoms. The van der Waals surface area contributed by atoms with E-state index in [1.54, 1.807) is 13.8 Å². The summed E-state index contributed by atoms with van der Waals surface area (Å²) in [6.07, 6.45) is 0.904. The van der Waals surface area contributed by atoms with Crippen molar-refractivity contribution in [1.82, 2.24) is 0 Å². The standard InChI is InChI=1S/C17H25NO4S/c1-4-12-7-9-13(10-8-12)14-15(23(20,21)6-3)17(14,11-18)16(19)22-5-2/h7-10,14-15H,4-6,11,18H2,1-3H3/t14-,15+,17+/m0/s1. The van der Waals surface area contributed by atoms with Gasteiger partial charge in [0, 0.05) is 18.2 Å². The molecule has 0 spiro atoms. The van der Waals surface area contributed by atoms with E-state index >= 15 is 0 Å². The number of esters is 1. The average molecular weight is 339 g/mol. The lowest BCUT2D eigenvalue weighted by Gasteiger charge is -2.14. The first-order valence-electron chi connectivity index (χ1n) is 8.06. The van der Waals surface area contributed by atoms with E-state index in [-0.39, 0.29) is 18.9 Å². The van der Waals surface area contributed by atoms with Gasteiger partial charge in [0.05, 0.1) is 11.9 Å². The first-order valence-corrected chi connectivity index (χ1v) is 9.78. The Kier molecular flexibility index (Phi) is 5.16. The molecule has 0 radical (unpaired) electrons. The summed E-state index contributed by atoms with van der Waals surface area (Å²) in [5, 5.41) is -0.795. The Morgan fingerprint density at radius 3 is 2.26 bits per heavy atom. The summed E-state index contributed by atoms with van der Waals surface area (Å²) in [5.74, 6) is -0.945. The van der Waals surface area contributed by atoms with Crippen LogP contribution in [0.1, 0.15) is 37.8 Å². The van der Waals surface area contributed by atoms with Crippen LogP contribution in [0.5, 0.6) is 0 Å². The second-order valence-electron chi connectivity index (χ2n) is 5.91. The summed E-state index contributed by atoms with van der Waals surface area (Å²) in [7, 11) is -3.40. The first kappa shape index (κ1) is 17.9. The molecule has 0 amide bonds. The molecular formula is C17H25NO4S. The van der Waals surface area contributed by atoms with Crippen molar-refractivity contribution in [3.63, 3.8) is 0 Å². The number of carbonyl (C=O) groups is 1. The maximum absolute atomic E-state index is 12.5. The second kappa shape index (κ2) is 6.61. The average Bonchev–Trinajstić information content (AvgIpc) is 3.26. The fourth-order valence-corrected chi connectivity index (χ4v) is 5.46. The molecule has 0 bridgehead atoms. The third kappa shape index (κ3) is 2.90. The number of nitrogens with two attached hydrogens (primary N) is 1. The maximum atomic E-state index is 12.5. The minimum absolute atomic E-state index is 0.0115. The van der Waals surface area contributed by atoms with Gasteiger partial charge in [-0.05, 0) is 24.5 Å². The zero-order valence-corrected chi connectivity index (χ0v) is 14.7. The van der Waals surface area contributed by atoms with Crippen molar-refractivity contribution < 1.29 is 17.9 Å². The van der Waals surface area contributed by atoms with Crippen LogP contribution in [0.3, 0.4) is 0 Å². The summed E-state index contributed by atoms with van der Waals surface area (Å²) >= 11 is 0. The number of rotatable bonds is 7. The van der Waals surface area contributed by atoms with E-state index in [9.17, 15) is 13.2 Å². The molecule has 5 nitrogen and oxygen atoms in total. The van der Waals surface area contributed by atoms with Crippen molar-refractivity contribution in [1.29, 1.82) is 0 Å². The molecule has 2 N–H and O–H groups in total. The van der Waals surface area contributed by atoms with Crippen LogP contribution < -0.4 is 5.73 Å². The Morgan fingerprint density at radius 2 is 1.83 bits per heavy atom. The van der Waals surface area contributed by atoms with Crippen LogP contribution in [-0.2, 0) is 25.8 Å². The Labute approximate surface area is 138 Å². The van der Waals surface area contributed by atoms with Gasteiger partial charge in [0.25, 0.3) is 0 Å². The van der Waals surface area contributed by atoms with Crippen molar-refractivity contribution >= 4 is 15.8 Å². The first-order chi connectivity index (χ1) is 10.9. The molecule has 3 atom stereocenters. The van der Waals surface area contributed by atoms with Crippen LogP contribution in [0, 0.1) is 5.41 Å². The van der Waals surface area contributed by atoms with E-state index in [1.165, 1.54) is 5.56 Å². The molecule has 0 aromatic heterocycles. The molecular weight excluding hydrogens is 314 g/mol. The predicted octanol–water partition coefficient (Wildman–Crippen LogP) is 1.66. The van der Waals surface area contributed by atoms with Crippen molar-refractivity contribution in [2.45, 2.75) is 38.4 Å². The Balaban J connectivity index is 2.47. The van der Waals surface area contributed by atoms with Gasteiger partial charge in [0.2, 0.25) is 0 Å². The molecule has 2 rings (SSSR count). The lowest BCUT2D eigenvalue weighted by atomic mass is 9.98. The molecule has 0 saturated heterocycles. The van der Waals surface area contributed by atoms with Crippen LogP contribution in [0.15, 0.2) is 24.3 Å². The zero-order valence-electron chi connectivity index (χ0n) is 13.9. The summed E-state index contributed by atoms with van der Waals surface area (Å²) in [5.41, 5.74) is 6.71. The summed E-state index contributed by atoms with van der Waals surface area (Å²) in [6, 6.07) is 7.74. The van der Waals surface area contributed by atoms with Gasteiger partial charge in [0.15, 0.2) is 9.84 Å². The van der Waals surface area contributed by atoms with Gasteiger partial charge >= 0.3 is 5.97 Å². The number of hydrogen-bond acceptors (Lipinski definition) is 5. The minimum Gasteiger partial charge on any atom is -0.465 e. The van der Waals surface area contributed by atoms with Crippen LogP contribution in [0.2, 0.25) is 0 Å². The van der Waals surface area contributed by atoms with E-state index in [1.807, 2.05) is 24.3 Å². The number of ether oxygens (including phenoxy) is 1. The van der Waals surface area contributed by atoms with Crippen molar-refractivity contribution in [2.75, 3.05) is 18.9 Å². The molecule has 1 saturated carbocycles. The summed E-state index contributed by atoms with van der Waals surface area (Å²) < 4.78 is 30.1. The van der Waals surface area contributed by atoms with Crippen LogP contribution >= 0.6 is 0 Å². The normalized spacial score (nSPS) is 26.8. The summed E-state index contributed by atoms with van der Waals surface area (Å²) in [6.45, 7) is 5.53. The number of sulfone groups is 1. The zero-order chi connectivity index (χ0) is 17.3. The van der Waals surface area contributed by atoms with Crippen LogP contribution in [-0.4, -0.2) is 38.5 Å². The van der Waals surface area contributed by atoms with Gasteiger partial charge < -0.3 is 10.5 Å². The highest BCUT2D eigenvalue weighted by atomic mass is 32.2. The van der Waals surface area contributed by atoms with E-state index in [4.69, 9.17) is 10.5 Å². The van der Waals surface area contributed by atoms with Gasteiger partial charge in [-0.15, -0.1) is 0 Å². The molecule has 6 heteroatoms. The lowest BCUT2D eigenvalue weighted by molar-refractivity contribution is -0.149. The molecule has 0 heterocycles. The van der Waals surface area contributed by atoms with Gasteiger partial charge in [0.1, 0.15) is 5.41 Å². The third-order valence-corrected chi connectivity index (χ3v) is 7.06. The monoisotopic (exact) mass is 339 g/mol. The van der Waals surface area contributed by atoms with Crippen LogP contribution in [0.25, 0.3) is 0 Å². The number of carbonyl (C=O) groups excluding carboxylic acids is 1.